The number of rotatable bonds is 6. The number of halogens is 1. The first-order chi connectivity index (χ1) is 10.1. The minimum absolute atomic E-state index is 0.420. The summed E-state index contributed by atoms with van der Waals surface area (Å²) < 4.78 is 7.02. The van der Waals surface area contributed by atoms with Crippen LogP contribution in [-0.4, -0.2) is 12.0 Å². The largest absolute Gasteiger partial charge is 0.487 e. The van der Waals surface area contributed by atoms with Crippen LogP contribution in [0.25, 0.3) is 0 Å². The van der Waals surface area contributed by atoms with Crippen molar-refractivity contribution in [1.82, 2.24) is 10.3 Å². The molecule has 0 aliphatic rings. The van der Waals surface area contributed by atoms with Gasteiger partial charge in [-0.25, -0.2) is 0 Å². The Bertz CT molecular complexity index is 582. The van der Waals surface area contributed by atoms with Crippen LogP contribution in [0.3, 0.4) is 0 Å². The maximum absolute atomic E-state index is 5.94. The highest BCUT2D eigenvalue weighted by molar-refractivity contribution is 9.10. The van der Waals surface area contributed by atoms with Crippen molar-refractivity contribution in [2.75, 3.05) is 7.05 Å². The van der Waals surface area contributed by atoms with Crippen molar-refractivity contribution in [1.29, 1.82) is 0 Å². The van der Waals surface area contributed by atoms with Gasteiger partial charge in [0.1, 0.15) is 12.4 Å². The molecule has 2 aromatic rings. The molecule has 0 saturated carbocycles. The zero-order chi connectivity index (χ0) is 15.2. The maximum atomic E-state index is 5.94. The molecule has 0 bridgehead atoms. The first kappa shape index (κ1) is 16.0. The van der Waals surface area contributed by atoms with Crippen LogP contribution in [0.4, 0.5) is 0 Å². The molecular formula is C17H21BrN2O. The topological polar surface area (TPSA) is 34.1 Å². The smallest absolute Gasteiger partial charge is 0.130 e. The molecule has 0 fully saturated rings. The molecule has 1 aromatic carbocycles. The van der Waals surface area contributed by atoms with Crippen molar-refractivity contribution in [3.63, 3.8) is 0 Å². The Morgan fingerprint density at radius 3 is 2.67 bits per heavy atom. The van der Waals surface area contributed by atoms with Crippen LogP contribution >= 0.6 is 15.9 Å². The average molecular weight is 349 g/mol. The number of aromatic nitrogens is 1. The Labute approximate surface area is 134 Å². The molecular weight excluding hydrogens is 328 g/mol. The maximum Gasteiger partial charge on any atom is 0.130 e. The van der Waals surface area contributed by atoms with E-state index in [1.807, 2.05) is 31.4 Å². The molecule has 0 amide bonds. The lowest BCUT2D eigenvalue weighted by molar-refractivity contribution is 0.297. The van der Waals surface area contributed by atoms with E-state index in [1.165, 1.54) is 11.1 Å². The molecule has 0 aliphatic carbocycles. The monoisotopic (exact) mass is 348 g/mol. The Hall–Kier alpha value is -1.39. The molecule has 21 heavy (non-hydrogen) atoms. The minimum atomic E-state index is 0.420. The van der Waals surface area contributed by atoms with E-state index in [4.69, 9.17) is 4.74 Å². The standard InChI is InChI=1S/C17H21BrN2O/c1-12(2)16-8-14(18)5-7-17(16)21-11-15-6-4-13(9-19-3)10-20-15/h4-8,10,12,19H,9,11H2,1-3H3. The van der Waals surface area contributed by atoms with E-state index in [0.717, 1.165) is 22.5 Å². The summed E-state index contributed by atoms with van der Waals surface area (Å²) in [5.41, 5.74) is 3.32. The van der Waals surface area contributed by atoms with Crippen molar-refractivity contribution >= 4 is 15.9 Å². The normalized spacial score (nSPS) is 10.9. The summed E-state index contributed by atoms with van der Waals surface area (Å²) in [7, 11) is 1.93. The van der Waals surface area contributed by atoms with Gasteiger partial charge in [-0.1, -0.05) is 35.8 Å². The van der Waals surface area contributed by atoms with Crippen molar-refractivity contribution in [3.05, 3.63) is 57.8 Å². The molecule has 2 rings (SSSR count). The lowest BCUT2D eigenvalue weighted by Gasteiger charge is -2.14. The Balaban J connectivity index is 2.05. The van der Waals surface area contributed by atoms with Gasteiger partial charge in [0, 0.05) is 17.2 Å². The highest BCUT2D eigenvalue weighted by atomic mass is 79.9. The molecule has 1 N–H and O–H groups in total. The van der Waals surface area contributed by atoms with Gasteiger partial charge in [-0.15, -0.1) is 0 Å². The number of benzene rings is 1. The van der Waals surface area contributed by atoms with E-state index >= 15 is 0 Å². The number of pyridine rings is 1. The number of ether oxygens (including phenoxy) is 1. The van der Waals surface area contributed by atoms with E-state index in [1.54, 1.807) is 0 Å². The molecule has 4 heteroatoms. The van der Waals surface area contributed by atoms with Gasteiger partial charge in [0.15, 0.2) is 0 Å². The van der Waals surface area contributed by atoms with Gasteiger partial charge in [0.2, 0.25) is 0 Å². The first-order valence-electron chi connectivity index (χ1n) is 7.11. The summed E-state index contributed by atoms with van der Waals surface area (Å²) in [4.78, 5) is 4.43. The first-order valence-corrected chi connectivity index (χ1v) is 7.90. The Morgan fingerprint density at radius 1 is 1.24 bits per heavy atom. The van der Waals surface area contributed by atoms with Crippen LogP contribution in [0.2, 0.25) is 0 Å². The second-order valence-corrected chi connectivity index (χ2v) is 6.23. The number of hydrogen-bond donors (Lipinski definition) is 1. The van der Waals surface area contributed by atoms with Crippen LogP contribution in [-0.2, 0) is 13.2 Å². The fourth-order valence-corrected chi connectivity index (χ4v) is 2.48. The predicted molar refractivity (Wildman–Crippen MR) is 89.6 cm³/mol. The molecule has 1 heterocycles. The quantitative estimate of drug-likeness (QED) is 0.846. The zero-order valence-electron chi connectivity index (χ0n) is 12.7. The Kier molecular flexibility index (Phi) is 5.76. The number of nitrogens with one attached hydrogen (secondary N) is 1. The third-order valence-electron chi connectivity index (χ3n) is 3.24. The summed E-state index contributed by atoms with van der Waals surface area (Å²) >= 11 is 3.51. The van der Waals surface area contributed by atoms with Gasteiger partial charge in [-0.3, -0.25) is 4.98 Å². The summed E-state index contributed by atoms with van der Waals surface area (Å²) in [6, 6.07) is 10.2. The van der Waals surface area contributed by atoms with E-state index in [0.29, 0.717) is 12.5 Å². The summed E-state index contributed by atoms with van der Waals surface area (Å²) in [5, 5.41) is 3.11. The molecule has 0 atom stereocenters. The third-order valence-corrected chi connectivity index (χ3v) is 3.73. The summed E-state index contributed by atoms with van der Waals surface area (Å²) in [6.07, 6.45) is 1.89. The molecule has 0 saturated heterocycles. The van der Waals surface area contributed by atoms with Gasteiger partial charge in [-0.2, -0.15) is 0 Å². The highest BCUT2D eigenvalue weighted by Crippen LogP contribution is 2.30. The van der Waals surface area contributed by atoms with Crippen LogP contribution in [0.15, 0.2) is 41.0 Å². The zero-order valence-corrected chi connectivity index (χ0v) is 14.3. The van der Waals surface area contributed by atoms with E-state index in [-0.39, 0.29) is 0 Å². The van der Waals surface area contributed by atoms with Crippen molar-refractivity contribution in [3.8, 4) is 5.75 Å². The van der Waals surface area contributed by atoms with E-state index in [2.05, 4.69) is 52.2 Å². The average Bonchev–Trinajstić information content (AvgIpc) is 2.47. The molecule has 112 valence electrons. The van der Waals surface area contributed by atoms with E-state index < -0.39 is 0 Å². The summed E-state index contributed by atoms with van der Waals surface area (Å²) in [6.45, 7) is 5.65. The fourth-order valence-electron chi connectivity index (χ4n) is 2.10. The molecule has 0 aliphatic heterocycles. The van der Waals surface area contributed by atoms with Crippen LogP contribution in [0.5, 0.6) is 5.75 Å². The third kappa shape index (κ3) is 4.55. The van der Waals surface area contributed by atoms with Gasteiger partial charge in [0.05, 0.1) is 5.69 Å². The van der Waals surface area contributed by atoms with E-state index in [9.17, 15) is 0 Å². The summed E-state index contributed by atoms with van der Waals surface area (Å²) in [5.74, 6) is 1.35. The van der Waals surface area contributed by atoms with Gasteiger partial charge in [0.25, 0.3) is 0 Å². The van der Waals surface area contributed by atoms with Gasteiger partial charge < -0.3 is 10.1 Å². The van der Waals surface area contributed by atoms with Gasteiger partial charge in [-0.05, 0) is 48.4 Å². The molecule has 0 radical (unpaired) electrons. The molecule has 1 aromatic heterocycles. The van der Waals surface area contributed by atoms with Crippen molar-refractivity contribution in [2.45, 2.75) is 32.9 Å². The fraction of sp³-hybridized carbons (Fsp3) is 0.353. The minimum Gasteiger partial charge on any atom is -0.487 e. The lowest BCUT2D eigenvalue weighted by atomic mass is 10.0. The Morgan fingerprint density at radius 2 is 2.05 bits per heavy atom. The van der Waals surface area contributed by atoms with Crippen LogP contribution in [0.1, 0.15) is 36.6 Å². The van der Waals surface area contributed by atoms with Crippen molar-refractivity contribution < 1.29 is 4.74 Å². The molecule has 0 unspecified atom stereocenters. The lowest BCUT2D eigenvalue weighted by Crippen LogP contribution is -2.06. The molecule has 0 spiro atoms. The van der Waals surface area contributed by atoms with Crippen molar-refractivity contribution in [2.24, 2.45) is 0 Å². The second-order valence-electron chi connectivity index (χ2n) is 5.31. The van der Waals surface area contributed by atoms with Crippen LogP contribution < -0.4 is 10.1 Å². The number of hydrogen-bond acceptors (Lipinski definition) is 3. The second kappa shape index (κ2) is 7.57. The highest BCUT2D eigenvalue weighted by Gasteiger charge is 2.09. The van der Waals surface area contributed by atoms with Gasteiger partial charge >= 0.3 is 0 Å². The van der Waals surface area contributed by atoms with Crippen LogP contribution in [0, 0.1) is 0 Å². The SMILES string of the molecule is CNCc1ccc(COc2ccc(Br)cc2C(C)C)nc1. The number of nitrogens with zero attached hydrogens (tertiary/aromatic N) is 1. The molecule has 3 nitrogen and oxygen atoms in total. The predicted octanol–water partition coefficient (Wildman–Crippen LogP) is 4.27.